The van der Waals surface area contributed by atoms with Gasteiger partial charge in [-0.05, 0) is 60.5 Å². The first-order valence-electron chi connectivity index (χ1n) is 10.8. The number of rotatable bonds is 8. The van der Waals surface area contributed by atoms with Crippen LogP contribution < -0.4 is 9.62 Å². The molecule has 3 aromatic rings. The number of carbonyl (C=O) groups is 2. The highest BCUT2D eigenvalue weighted by Crippen LogP contribution is 2.27. The molecule has 2 amide bonds. The normalized spacial score (nSPS) is 16.1. The zero-order chi connectivity index (χ0) is 25.9. The predicted octanol–water partition coefficient (Wildman–Crippen LogP) is 3.90. The van der Waals surface area contributed by atoms with Gasteiger partial charge in [0.25, 0.3) is 5.91 Å². The molecular formula is C24H22ClFN4O4S2. The van der Waals surface area contributed by atoms with E-state index in [0.29, 0.717) is 15.8 Å². The number of sulfonamides is 1. The maximum absolute atomic E-state index is 15.0. The van der Waals surface area contributed by atoms with E-state index in [-0.39, 0.29) is 30.1 Å². The monoisotopic (exact) mass is 548 g/mol. The summed E-state index contributed by atoms with van der Waals surface area (Å²) in [7, 11) is -2.31. The van der Waals surface area contributed by atoms with Crippen LogP contribution in [0, 0.1) is 5.82 Å². The van der Waals surface area contributed by atoms with Crippen LogP contribution in [0.2, 0.25) is 4.34 Å². The van der Waals surface area contributed by atoms with Crippen molar-refractivity contribution in [2.45, 2.75) is 19.0 Å². The SMILES string of the molecule is CN(Cc1ccncc1)C(=O)c1ccc(N2CC[C@H](NS(=O)(=O)/C=C/c3ccc(Cl)s3)C2=O)c(F)c1. The Morgan fingerprint density at radius 1 is 1.28 bits per heavy atom. The van der Waals surface area contributed by atoms with E-state index in [1.807, 2.05) is 0 Å². The maximum Gasteiger partial charge on any atom is 0.254 e. The lowest BCUT2D eigenvalue weighted by molar-refractivity contribution is -0.118. The molecule has 188 valence electrons. The third-order valence-electron chi connectivity index (χ3n) is 5.52. The average Bonchev–Trinajstić information content (AvgIpc) is 3.43. The first kappa shape index (κ1) is 26.0. The average molecular weight is 549 g/mol. The number of benzene rings is 1. The minimum Gasteiger partial charge on any atom is -0.337 e. The molecule has 2 aromatic heterocycles. The van der Waals surface area contributed by atoms with Crippen LogP contribution in [-0.2, 0) is 21.4 Å². The summed E-state index contributed by atoms with van der Waals surface area (Å²) in [5, 5.41) is 0.967. The first-order valence-corrected chi connectivity index (χ1v) is 13.6. The Labute approximate surface area is 217 Å². The Morgan fingerprint density at radius 3 is 2.69 bits per heavy atom. The van der Waals surface area contributed by atoms with Gasteiger partial charge in [-0.1, -0.05) is 11.6 Å². The van der Waals surface area contributed by atoms with Gasteiger partial charge in [0.1, 0.15) is 11.9 Å². The highest BCUT2D eigenvalue weighted by atomic mass is 35.5. The van der Waals surface area contributed by atoms with Gasteiger partial charge in [-0.15, -0.1) is 11.3 Å². The Balaban J connectivity index is 1.41. The van der Waals surface area contributed by atoms with Crippen molar-refractivity contribution in [3.63, 3.8) is 0 Å². The molecule has 1 N–H and O–H groups in total. The van der Waals surface area contributed by atoms with E-state index in [2.05, 4.69) is 9.71 Å². The molecule has 1 aliphatic heterocycles. The first-order chi connectivity index (χ1) is 17.1. The molecule has 1 aliphatic rings. The Morgan fingerprint density at radius 2 is 2.03 bits per heavy atom. The van der Waals surface area contributed by atoms with Crippen molar-refractivity contribution >= 4 is 56.5 Å². The van der Waals surface area contributed by atoms with E-state index >= 15 is 0 Å². The number of nitrogens with zero attached hydrogens (tertiary/aromatic N) is 3. The molecule has 8 nitrogen and oxygen atoms in total. The van der Waals surface area contributed by atoms with Crippen LogP contribution in [-0.4, -0.2) is 49.8 Å². The smallest absolute Gasteiger partial charge is 0.254 e. The van der Waals surface area contributed by atoms with E-state index in [1.165, 1.54) is 39.3 Å². The lowest BCUT2D eigenvalue weighted by atomic mass is 10.1. The summed E-state index contributed by atoms with van der Waals surface area (Å²) in [5.41, 5.74) is 0.998. The van der Waals surface area contributed by atoms with Crippen molar-refractivity contribution in [3.8, 4) is 0 Å². The number of hydrogen-bond acceptors (Lipinski definition) is 6. The standard InChI is InChI=1S/C24H22ClFN4O4S2/c1-29(15-16-6-10-27-11-7-16)23(31)17-2-4-21(19(26)14-17)30-12-8-20(24(30)32)28-36(33,34)13-9-18-3-5-22(25)35-18/h2-7,9-11,13-14,20,28H,8,12,15H2,1H3/b13-9+/t20-/m0/s1. The van der Waals surface area contributed by atoms with Crippen molar-refractivity contribution in [3.05, 3.63) is 86.4 Å². The molecule has 0 saturated carbocycles. The van der Waals surface area contributed by atoms with Crippen LogP contribution >= 0.6 is 22.9 Å². The molecule has 36 heavy (non-hydrogen) atoms. The predicted molar refractivity (Wildman–Crippen MR) is 138 cm³/mol. The van der Waals surface area contributed by atoms with Crippen molar-refractivity contribution in [1.82, 2.24) is 14.6 Å². The second-order valence-corrected chi connectivity index (χ2v) is 11.5. The van der Waals surface area contributed by atoms with Crippen LogP contribution in [0.15, 0.2) is 60.3 Å². The fourth-order valence-corrected chi connectivity index (χ4v) is 5.82. The summed E-state index contributed by atoms with van der Waals surface area (Å²) in [5.74, 6) is -1.70. The summed E-state index contributed by atoms with van der Waals surface area (Å²) < 4.78 is 42.7. The summed E-state index contributed by atoms with van der Waals surface area (Å²) in [6.07, 6.45) is 4.81. The summed E-state index contributed by atoms with van der Waals surface area (Å²) in [4.78, 5) is 32.8. The third-order valence-corrected chi connectivity index (χ3v) is 7.82. The number of carbonyl (C=O) groups excluding carboxylic acids is 2. The van der Waals surface area contributed by atoms with Gasteiger partial charge >= 0.3 is 0 Å². The molecule has 1 aromatic carbocycles. The molecule has 4 rings (SSSR count). The van der Waals surface area contributed by atoms with Crippen LogP contribution in [0.5, 0.6) is 0 Å². The molecule has 0 radical (unpaired) electrons. The van der Waals surface area contributed by atoms with E-state index < -0.39 is 27.8 Å². The Hall–Kier alpha value is -3.12. The summed E-state index contributed by atoms with van der Waals surface area (Å²) >= 11 is 7.06. The van der Waals surface area contributed by atoms with Crippen molar-refractivity contribution in [2.75, 3.05) is 18.5 Å². The van der Waals surface area contributed by atoms with Gasteiger partial charge in [0.15, 0.2) is 0 Å². The molecular weight excluding hydrogens is 527 g/mol. The molecule has 3 heterocycles. The number of anilines is 1. The number of pyridine rings is 1. The number of halogens is 2. The summed E-state index contributed by atoms with van der Waals surface area (Å²) in [6.45, 7) is 0.452. The highest BCUT2D eigenvalue weighted by molar-refractivity contribution is 7.92. The second kappa shape index (κ2) is 10.9. The third kappa shape index (κ3) is 6.16. The Kier molecular flexibility index (Phi) is 7.84. The lowest BCUT2D eigenvalue weighted by Gasteiger charge is -2.20. The van der Waals surface area contributed by atoms with Crippen molar-refractivity contribution < 1.29 is 22.4 Å². The number of hydrogen-bond donors (Lipinski definition) is 1. The van der Waals surface area contributed by atoms with E-state index in [1.54, 1.807) is 43.7 Å². The minimum absolute atomic E-state index is 0.0150. The van der Waals surface area contributed by atoms with E-state index in [0.717, 1.165) is 17.0 Å². The van der Waals surface area contributed by atoms with Gasteiger partial charge in [-0.2, -0.15) is 4.72 Å². The maximum atomic E-state index is 15.0. The topological polar surface area (TPSA) is 99.7 Å². The fourth-order valence-electron chi connectivity index (χ4n) is 3.75. The zero-order valence-corrected chi connectivity index (χ0v) is 21.5. The number of aromatic nitrogens is 1. The number of nitrogens with one attached hydrogen (secondary N) is 1. The largest absolute Gasteiger partial charge is 0.337 e. The van der Waals surface area contributed by atoms with Crippen molar-refractivity contribution in [1.29, 1.82) is 0 Å². The molecule has 0 spiro atoms. The van der Waals surface area contributed by atoms with Crippen LogP contribution in [0.25, 0.3) is 6.08 Å². The van der Waals surface area contributed by atoms with Gasteiger partial charge in [-0.25, -0.2) is 12.8 Å². The lowest BCUT2D eigenvalue weighted by Crippen LogP contribution is -2.41. The van der Waals surface area contributed by atoms with Crippen molar-refractivity contribution in [2.24, 2.45) is 0 Å². The molecule has 0 bridgehead atoms. The molecule has 0 unspecified atom stereocenters. The van der Waals surface area contributed by atoms with E-state index in [9.17, 15) is 22.4 Å². The Bertz CT molecular complexity index is 1410. The van der Waals surface area contributed by atoms with Gasteiger partial charge in [0.05, 0.1) is 10.0 Å². The minimum atomic E-state index is -3.92. The molecule has 0 aliphatic carbocycles. The van der Waals surface area contributed by atoms with Crippen LogP contribution in [0.3, 0.4) is 0 Å². The summed E-state index contributed by atoms with van der Waals surface area (Å²) in [6, 6.07) is 9.75. The second-order valence-electron chi connectivity index (χ2n) is 8.12. The number of thiophene rings is 1. The molecule has 1 atom stereocenters. The number of amides is 2. The molecule has 1 fully saturated rings. The zero-order valence-electron chi connectivity index (χ0n) is 19.1. The van der Waals surface area contributed by atoms with Crippen LogP contribution in [0.1, 0.15) is 27.2 Å². The molecule has 12 heteroatoms. The van der Waals surface area contributed by atoms with E-state index in [4.69, 9.17) is 11.6 Å². The van der Waals surface area contributed by atoms with Gasteiger partial charge in [0, 0.05) is 48.4 Å². The van der Waals surface area contributed by atoms with Crippen LogP contribution in [0.4, 0.5) is 10.1 Å². The van der Waals surface area contributed by atoms with Gasteiger partial charge in [-0.3, -0.25) is 14.6 Å². The molecule has 1 saturated heterocycles. The fraction of sp³-hybridized carbons (Fsp3) is 0.208. The van der Waals surface area contributed by atoms with Gasteiger partial charge < -0.3 is 9.80 Å². The van der Waals surface area contributed by atoms with Gasteiger partial charge in [0.2, 0.25) is 15.9 Å². The quantitative estimate of drug-likeness (QED) is 0.460. The highest BCUT2D eigenvalue weighted by Gasteiger charge is 2.36.